The third-order valence-corrected chi connectivity index (χ3v) is 2.54. The van der Waals surface area contributed by atoms with E-state index in [-0.39, 0.29) is 5.82 Å². The molecule has 2 nitrogen and oxygen atoms in total. The van der Waals surface area contributed by atoms with Gasteiger partial charge in [0, 0.05) is 17.4 Å². The Balaban J connectivity index is 2.58. The average Bonchev–Trinajstić information content (AvgIpc) is 2.59. The van der Waals surface area contributed by atoms with E-state index in [4.69, 9.17) is 4.52 Å². The third kappa shape index (κ3) is 1.39. The van der Waals surface area contributed by atoms with Crippen LogP contribution in [0.15, 0.2) is 22.7 Å². The monoisotopic (exact) mass is 193 g/mol. The molecule has 1 heterocycles. The van der Waals surface area contributed by atoms with Gasteiger partial charge in [0.15, 0.2) is 5.58 Å². The van der Waals surface area contributed by atoms with Gasteiger partial charge in [-0.2, -0.15) is 0 Å². The summed E-state index contributed by atoms with van der Waals surface area (Å²) in [5.74, 6) is 0.0612. The zero-order valence-corrected chi connectivity index (χ0v) is 8.25. The SMILES string of the molecule is CCC(C)c1noc2cc(F)ccc12. The predicted octanol–water partition coefficient (Wildman–Crippen LogP) is 3.48. The van der Waals surface area contributed by atoms with E-state index in [2.05, 4.69) is 19.0 Å². The molecule has 1 aromatic heterocycles. The number of hydrogen-bond donors (Lipinski definition) is 0. The summed E-state index contributed by atoms with van der Waals surface area (Å²) in [4.78, 5) is 0. The van der Waals surface area contributed by atoms with Crippen LogP contribution in [0.2, 0.25) is 0 Å². The van der Waals surface area contributed by atoms with Crippen molar-refractivity contribution in [1.82, 2.24) is 5.16 Å². The summed E-state index contributed by atoms with van der Waals surface area (Å²) >= 11 is 0. The van der Waals surface area contributed by atoms with Crippen LogP contribution in [0, 0.1) is 5.82 Å². The zero-order chi connectivity index (χ0) is 10.1. The topological polar surface area (TPSA) is 26.0 Å². The smallest absolute Gasteiger partial charge is 0.170 e. The number of hydrogen-bond acceptors (Lipinski definition) is 2. The van der Waals surface area contributed by atoms with Gasteiger partial charge in [0.05, 0.1) is 5.69 Å². The van der Waals surface area contributed by atoms with Crippen molar-refractivity contribution in [3.05, 3.63) is 29.7 Å². The summed E-state index contributed by atoms with van der Waals surface area (Å²) in [5.41, 5.74) is 1.45. The van der Waals surface area contributed by atoms with E-state index < -0.39 is 0 Å². The summed E-state index contributed by atoms with van der Waals surface area (Å²) in [6, 6.07) is 4.53. The van der Waals surface area contributed by atoms with Crippen LogP contribution >= 0.6 is 0 Å². The molecule has 0 radical (unpaired) electrons. The lowest BCUT2D eigenvalue weighted by atomic mass is 10.0. The first-order valence-electron chi connectivity index (χ1n) is 4.77. The molecule has 14 heavy (non-hydrogen) atoms. The molecule has 74 valence electrons. The van der Waals surface area contributed by atoms with Crippen LogP contribution in [0.25, 0.3) is 11.0 Å². The fourth-order valence-electron chi connectivity index (χ4n) is 1.48. The van der Waals surface area contributed by atoms with Gasteiger partial charge >= 0.3 is 0 Å². The van der Waals surface area contributed by atoms with Gasteiger partial charge in [0.2, 0.25) is 0 Å². The molecule has 1 atom stereocenters. The van der Waals surface area contributed by atoms with E-state index in [1.807, 2.05) is 0 Å². The Labute approximate surface area is 81.7 Å². The maximum atomic E-state index is 12.8. The van der Waals surface area contributed by atoms with Crippen molar-refractivity contribution < 1.29 is 8.91 Å². The van der Waals surface area contributed by atoms with Gasteiger partial charge in [0.25, 0.3) is 0 Å². The summed E-state index contributed by atoms with van der Waals surface area (Å²) in [6.45, 7) is 4.18. The Kier molecular flexibility index (Phi) is 2.23. The van der Waals surface area contributed by atoms with Crippen molar-refractivity contribution >= 4 is 11.0 Å². The largest absolute Gasteiger partial charge is 0.356 e. The first kappa shape index (κ1) is 9.19. The Hall–Kier alpha value is -1.38. The van der Waals surface area contributed by atoms with Crippen LogP contribution in [-0.4, -0.2) is 5.16 Å². The van der Waals surface area contributed by atoms with Crippen molar-refractivity contribution in [2.24, 2.45) is 0 Å². The molecule has 0 amide bonds. The van der Waals surface area contributed by atoms with Crippen LogP contribution in [0.4, 0.5) is 4.39 Å². The molecular formula is C11H12FNO. The van der Waals surface area contributed by atoms with Gasteiger partial charge in [-0.25, -0.2) is 4.39 Å². The maximum absolute atomic E-state index is 12.8. The number of rotatable bonds is 2. The predicted molar refractivity (Wildman–Crippen MR) is 52.7 cm³/mol. The fraction of sp³-hybridized carbons (Fsp3) is 0.364. The van der Waals surface area contributed by atoms with Crippen molar-refractivity contribution in [1.29, 1.82) is 0 Å². The average molecular weight is 193 g/mol. The van der Waals surface area contributed by atoms with Gasteiger partial charge in [-0.05, 0) is 18.6 Å². The fourth-order valence-corrected chi connectivity index (χ4v) is 1.48. The Morgan fingerprint density at radius 3 is 3.00 bits per heavy atom. The van der Waals surface area contributed by atoms with Crippen molar-refractivity contribution in [2.75, 3.05) is 0 Å². The molecule has 0 aliphatic rings. The number of halogens is 1. The van der Waals surface area contributed by atoms with Crippen molar-refractivity contribution in [3.63, 3.8) is 0 Å². The van der Waals surface area contributed by atoms with Gasteiger partial charge < -0.3 is 4.52 Å². The second-order valence-electron chi connectivity index (χ2n) is 3.52. The molecule has 3 heteroatoms. The van der Waals surface area contributed by atoms with E-state index in [0.717, 1.165) is 17.5 Å². The molecule has 0 bridgehead atoms. The van der Waals surface area contributed by atoms with Gasteiger partial charge in [0.1, 0.15) is 5.82 Å². The minimum Gasteiger partial charge on any atom is -0.356 e. The minimum absolute atomic E-state index is 0.288. The molecule has 2 rings (SSSR count). The van der Waals surface area contributed by atoms with Crippen LogP contribution < -0.4 is 0 Å². The first-order valence-corrected chi connectivity index (χ1v) is 4.77. The highest BCUT2D eigenvalue weighted by Gasteiger charge is 2.13. The molecule has 0 N–H and O–H groups in total. The number of benzene rings is 1. The van der Waals surface area contributed by atoms with E-state index in [1.165, 1.54) is 12.1 Å². The Morgan fingerprint density at radius 1 is 1.50 bits per heavy atom. The van der Waals surface area contributed by atoms with Crippen LogP contribution in [0.3, 0.4) is 0 Å². The Bertz CT molecular complexity index is 449. The quantitative estimate of drug-likeness (QED) is 0.729. The summed E-state index contributed by atoms with van der Waals surface area (Å²) in [5, 5.41) is 4.88. The second kappa shape index (κ2) is 3.40. The number of nitrogens with zero attached hydrogens (tertiary/aromatic N) is 1. The standard InChI is InChI=1S/C11H12FNO/c1-3-7(2)11-9-5-4-8(12)6-10(9)14-13-11/h4-7H,3H2,1-2H3. The molecule has 0 spiro atoms. The highest BCUT2D eigenvalue weighted by atomic mass is 19.1. The van der Waals surface area contributed by atoms with Gasteiger partial charge in [-0.1, -0.05) is 19.0 Å². The molecule has 1 unspecified atom stereocenters. The van der Waals surface area contributed by atoms with Gasteiger partial charge in [-0.15, -0.1) is 0 Å². The highest BCUT2D eigenvalue weighted by Crippen LogP contribution is 2.26. The molecule has 0 saturated heterocycles. The third-order valence-electron chi connectivity index (χ3n) is 2.54. The second-order valence-corrected chi connectivity index (χ2v) is 3.52. The van der Waals surface area contributed by atoms with E-state index in [0.29, 0.717) is 11.5 Å². The van der Waals surface area contributed by atoms with E-state index >= 15 is 0 Å². The van der Waals surface area contributed by atoms with Crippen molar-refractivity contribution in [3.8, 4) is 0 Å². The minimum atomic E-state index is -0.288. The van der Waals surface area contributed by atoms with E-state index in [9.17, 15) is 4.39 Å². The summed E-state index contributed by atoms with van der Waals surface area (Å²) in [6.07, 6.45) is 0.999. The summed E-state index contributed by atoms with van der Waals surface area (Å²) < 4.78 is 17.9. The van der Waals surface area contributed by atoms with Gasteiger partial charge in [-0.3, -0.25) is 0 Å². The van der Waals surface area contributed by atoms with Crippen LogP contribution in [-0.2, 0) is 0 Å². The number of aromatic nitrogens is 1. The van der Waals surface area contributed by atoms with Crippen LogP contribution in [0.1, 0.15) is 31.9 Å². The molecule has 2 aromatic rings. The number of fused-ring (bicyclic) bond motifs is 1. The highest BCUT2D eigenvalue weighted by molar-refractivity contribution is 5.79. The molecular weight excluding hydrogens is 181 g/mol. The first-order chi connectivity index (χ1) is 6.72. The van der Waals surface area contributed by atoms with Crippen LogP contribution in [0.5, 0.6) is 0 Å². The Morgan fingerprint density at radius 2 is 2.29 bits per heavy atom. The molecule has 0 fully saturated rings. The lowest BCUT2D eigenvalue weighted by molar-refractivity contribution is 0.436. The molecule has 0 saturated carbocycles. The molecule has 1 aromatic carbocycles. The normalized spacial score (nSPS) is 13.4. The summed E-state index contributed by atoms with van der Waals surface area (Å²) in [7, 11) is 0. The lowest BCUT2D eigenvalue weighted by Gasteiger charge is -2.02. The lowest BCUT2D eigenvalue weighted by Crippen LogP contribution is -1.91. The van der Waals surface area contributed by atoms with Crippen molar-refractivity contribution in [2.45, 2.75) is 26.2 Å². The maximum Gasteiger partial charge on any atom is 0.170 e. The van der Waals surface area contributed by atoms with E-state index in [1.54, 1.807) is 6.07 Å². The zero-order valence-electron chi connectivity index (χ0n) is 8.25. The molecule has 0 aliphatic heterocycles. The molecule has 0 aliphatic carbocycles.